The van der Waals surface area contributed by atoms with Crippen molar-refractivity contribution in [1.29, 1.82) is 0 Å². The predicted octanol–water partition coefficient (Wildman–Crippen LogP) is 1.53. The number of ether oxygens (including phenoxy) is 1. The second kappa shape index (κ2) is 5.57. The minimum atomic E-state index is -0.784. The molecule has 0 radical (unpaired) electrons. The van der Waals surface area contributed by atoms with Gasteiger partial charge in [-0.15, -0.1) is 0 Å². The summed E-state index contributed by atoms with van der Waals surface area (Å²) in [5.41, 5.74) is 5.60. The van der Waals surface area contributed by atoms with E-state index < -0.39 is 5.54 Å². The van der Waals surface area contributed by atoms with Crippen molar-refractivity contribution in [3.8, 4) is 0 Å². The van der Waals surface area contributed by atoms with Crippen LogP contribution in [-0.2, 0) is 9.53 Å². The molecule has 0 aliphatic heterocycles. The lowest BCUT2D eigenvalue weighted by Crippen LogP contribution is -2.59. The molecule has 2 saturated carbocycles. The highest BCUT2D eigenvalue weighted by molar-refractivity contribution is 5.82. The van der Waals surface area contributed by atoms with Crippen molar-refractivity contribution in [2.24, 2.45) is 11.7 Å². The summed E-state index contributed by atoms with van der Waals surface area (Å²) in [6.07, 6.45) is 7.20. The maximum atomic E-state index is 12.1. The molecule has 0 saturated heterocycles. The van der Waals surface area contributed by atoms with E-state index in [0.717, 1.165) is 12.8 Å². The number of nitrogens with two attached hydrogens (primary N) is 1. The number of esters is 1. The first-order valence-corrected chi connectivity index (χ1v) is 7.24. The Hall–Kier alpha value is -0.610. The van der Waals surface area contributed by atoms with Crippen LogP contribution in [0.2, 0.25) is 0 Å². The Morgan fingerprint density at radius 2 is 1.94 bits per heavy atom. The standard InChI is InChI=1S/C14H26N2O2/c1-3-18-13(17)14(15,11-8-9-11)10-16(2)12-6-4-5-7-12/h11-12H,3-10,15H2,1-2H3. The van der Waals surface area contributed by atoms with Crippen LogP contribution in [0.3, 0.4) is 0 Å². The minimum absolute atomic E-state index is 0.211. The maximum absolute atomic E-state index is 12.1. The Kier molecular flexibility index (Phi) is 4.28. The largest absolute Gasteiger partial charge is 0.465 e. The van der Waals surface area contributed by atoms with Crippen molar-refractivity contribution >= 4 is 5.97 Å². The zero-order valence-corrected chi connectivity index (χ0v) is 11.7. The third kappa shape index (κ3) is 2.86. The van der Waals surface area contributed by atoms with Crippen LogP contribution < -0.4 is 5.73 Å². The molecule has 18 heavy (non-hydrogen) atoms. The fraction of sp³-hybridized carbons (Fsp3) is 0.929. The van der Waals surface area contributed by atoms with Gasteiger partial charge >= 0.3 is 5.97 Å². The van der Waals surface area contributed by atoms with Crippen molar-refractivity contribution in [3.63, 3.8) is 0 Å². The molecule has 0 aromatic heterocycles. The van der Waals surface area contributed by atoms with Gasteiger partial charge in [0.25, 0.3) is 0 Å². The number of rotatable bonds is 6. The molecule has 104 valence electrons. The lowest BCUT2D eigenvalue weighted by atomic mass is 9.93. The number of nitrogens with zero attached hydrogens (tertiary/aromatic N) is 1. The zero-order valence-electron chi connectivity index (χ0n) is 11.7. The van der Waals surface area contributed by atoms with Gasteiger partial charge in [0.2, 0.25) is 0 Å². The highest BCUT2D eigenvalue weighted by atomic mass is 16.5. The van der Waals surface area contributed by atoms with Gasteiger partial charge in [-0.2, -0.15) is 0 Å². The van der Waals surface area contributed by atoms with Gasteiger partial charge in [0.15, 0.2) is 0 Å². The Balaban J connectivity index is 1.98. The topological polar surface area (TPSA) is 55.6 Å². The molecule has 2 aliphatic rings. The summed E-state index contributed by atoms with van der Waals surface area (Å²) in [7, 11) is 2.10. The van der Waals surface area contributed by atoms with E-state index in [9.17, 15) is 4.79 Å². The molecule has 2 rings (SSSR count). The number of carbonyl (C=O) groups is 1. The normalized spacial score (nSPS) is 24.2. The smallest absolute Gasteiger partial charge is 0.327 e. The molecule has 0 spiro atoms. The lowest BCUT2D eigenvalue weighted by Gasteiger charge is -2.34. The van der Waals surface area contributed by atoms with Crippen molar-refractivity contribution < 1.29 is 9.53 Å². The summed E-state index contributed by atoms with van der Waals surface area (Å²) >= 11 is 0. The number of carbonyl (C=O) groups excluding carboxylic acids is 1. The SMILES string of the molecule is CCOC(=O)C(N)(CN(C)C1CCCC1)C1CC1. The number of hydrogen-bond acceptors (Lipinski definition) is 4. The molecule has 2 N–H and O–H groups in total. The van der Waals surface area contributed by atoms with E-state index in [1.165, 1.54) is 25.7 Å². The quantitative estimate of drug-likeness (QED) is 0.730. The molecule has 0 bridgehead atoms. The van der Waals surface area contributed by atoms with Crippen LogP contribution in [0.4, 0.5) is 0 Å². The van der Waals surface area contributed by atoms with Crippen molar-refractivity contribution in [1.82, 2.24) is 4.90 Å². The highest BCUT2D eigenvalue weighted by Gasteiger charge is 2.50. The fourth-order valence-corrected chi connectivity index (χ4v) is 3.11. The van der Waals surface area contributed by atoms with E-state index in [1.807, 2.05) is 6.92 Å². The monoisotopic (exact) mass is 254 g/mol. The Morgan fingerprint density at radius 3 is 2.44 bits per heavy atom. The van der Waals surface area contributed by atoms with Crippen LogP contribution in [0.5, 0.6) is 0 Å². The van der Waals surface area contributed by atoms with Crippen molar-refractivity contribution in [3.05, 3.63) is 0 Å². The second-order valence-electron chi connectivity index (χ2n) is 5.89. The van der Waals surface area contributed by atoms with Crippen molar-refractivity contribution in [2.45, 2.75) is 57.0 Å². The molecular formula is C14H26N2O2. The van der Waals surface area contributed by atoms with Gasteiger partial charge in [-0.25, -0.2) is 4.79 Å². The zero-order chi connectivity index (χ0) is 13.2. The Bertz CT molecular complexity index is 298. The van der Waals surface area contributed by atoms with Gasteiger partial charge < -0.3 is 15.4 Å². The highest BCUT2D eigenvalue weighted by Crippen LogP contribution is 2.40. The van der Waals surface area contributed by atoms with Crippen LogP contribution in [-0.4, -0.2) is 42.6 Å². The van der Waals surface area contributed by atoms with Gasteiger partial charge in [-0.3, -0.25) is 0 Å². The number of hydrogen-bond donors (Lipinski definition) is 1. The maximum Gasteiger partial charge on any atom is 0.327 e. The third-order valence-electron chi connectivity index (χ3n) is 4.42. The van der Waals surface area contributed by atoms with Gasteiger partial charge in [-0.05, 0) is 45.6 Å². The molecule has 4 nitrogen and oxygen atoms in total. The van der Waals surface area contributed by atoms with Crippen LogP contribution in [0.1, 0.15) is 45.4 Å². The van der Waals surface area contributed by atoms with Crippen molar-refractivity contribution in [2.75, 3.05) is 20.2 Å². The Labute approximate surface area is 110 Å². The molecule has 0 aromatic rings. The van der Waals surface area contributed by atoms with Crippen LogP contribution in [0.15, 0.2) is 0 Å². The van der Waals surface area contributed by atoms with Gasteiger partial charge in [0, 0.05) is 12.6 Å². The van der Waals surface area contributed by atoms with E-state index in [-0.39, 0.29) is 5.97 Å². The summed E-state index contributed by atoms with van der Waals surface area (Å²) in [5.74, 6) is 0.109. The molecule has 1 unspecified atom stereocenters. The first-order chi connectivity index (χ1) is 8.58. The van der Waals surface area contributed by atoms with E-state index in [0.29, 0.717) is 25.1 Å². The average molecular weight is 254 g/mol. The summed E-state index contributed by atoms with van der Waals surface area (Å²) in [5, 5.41) is 0. The summed E-state index contributed by atoms with van der Waals surface area (Å²) in [6, 6.07) is 0.598. The third-order valence-corrected chi connectivity index (χ3v) is 4.42. The molecule has 4 heteroatoms. The first-order valence-electron chi connectivity index (χ1n) is 7.24. The van der Waals surface area contributed by atoms with Crippen LogP contribution >= 0.6 is 0 Å². The van der Waals surface area contributed by atoms with E-state index in [2.05, 4.69) is 11.9 Å². The summed E-state index contributed by atoms with van der Waals surface area (Å²) < 4.78 is 5.18. The molecule has 2 aliphatic carbocycles. The van der Waals surface area contributed by atoms with Crippen LogP contribution in [0.25, 0.3) is 0 Å². The first kappa shape index (κ1) is 13.8. The second-order valence-corrected chi connectivity index (χ2v) is 5.89. The van der Waals surface area contributed by atoms with Gasteiger partial charge in [-0.1, -0.05) is 12.8 Å². The van der Waals surface area contributed by atoms with E-state index in [1.54, 1.807) is 0 Å². The number of likely N-dealkylation sites (N-methyl/N-ethyl adjacent to an activating group) is 1. The molecule has 2 fully saturated rings. The average Bonchev–Trinajstić information content (AvgIpc) is 3.05. The van der Waals surface area contributed by atoms with Crippen LogP contribution in [0, 0.1) is 5.92 Å². The van der Waals surface area contributed by atoms with E-state index in [4.69, 9.17) is 10.5 Å². The summed E-state index contributed by atoms with van der Waals surface area (Å²) in [6.45, 7) is 2.89. The predicted molar refractivity (Wildman–Crippen MR) is 71.2 cm³/mol. The minimum Gasteiger partial charge on any atom is -0.465 e. The Morgan fingerprint density at radius 1 is 1.33 bits per heavy atom. The van der Waals surface area contributed by atoms with E-state index >= 15 is 0 Å². The van der Waals surface area contributed by atoms with Gasteiger partial charge in [0.1, 0.15) is 5.54 Å². The molecular weight excluding hydrogens is 228 g/mol. The molecule has 1 atom stereocenters. The molecule has 0 amide bonds. The summed E-state index contributed by atoms with van der Waals surface area (Å²) in [4.78, 5) is 14.4. The van der Waals surface area contributed by atoms with Gasteiger partial charge in [0.05, 0.1) is 6.61 Å². The lowest BCUT2D eigenvalue weighted by molar-refractivity contribution is -0.151. The molecule has 0 heterocycles. The fourth-order valence-electron chi connectivity index (χ4n) is 3.11. The molecule has 0 aromatic carbocycles.